The smallest absolute Gasteiger partial charge is 0.269 e. The quantitative estimate of drug-likeness (QED) is 0.236. The number of hydrogen-bond acceptors (Lipinski definition) is 5. The number of carbonyl (C=O) groups excluding carboxylic acids is 2. The first-order valence-electron chi connectivity index (χ1n) is 7.95. The van der Waals surface area contributed by atoms with Crippen LogP contribution in [0.3, 0.4) is 0 Å². The van der Waals surface area contributed by atoms with E-state index in [1.165, 1.54) is 19.1 Å². The molecule has 0 aliphatic carbocycles. The molecule has 0 aliphatic rings. The van der Waals surface area contributed by atoms with Crippen LogP contribution < -0.4 is 5.32 Å². The van der Waals surface area contributed by atoms with Gasteiger partial charge in [0.25, 0.3) is 5.91 Å². The lowest BCUT2D eigenvalue weighted by atomic mass is 10.1. The van der Waals surface area contributed by atoms with Crippen LogP contribution in [0.25, 0.3) is 11.0 Å². The standard InChI is InChI=1S/C20H12BrClN2O4/c1-10(25)15(9-23)20(27)24-17-14-8-12(21)4-7-16(14)28-19(17)18(26)11-2-5-13(22)6-3-11/h2-8,25H,1H3,(H,24,27)/b15-10+. The van der Waals surface area contributed by atoms with Gasteiger partial charge in [0.15, 0.2) is 11.3 Å². The van der Waals surface area contributed by atoms with Crippen LogP contribution in [0, 0.1) is 11.3 Å². The van der Waals surface area contributed by atoms with Crippen molar-refractivity contribution in [3.05, 3.63) is 74.6 Å². The maximum atomic E-state index is 13.0. The lowest BCUT2D eigenvalue weighted by Crippen LogP contribution is -2.16. The minimum absolute atomic E-state index is 0.100. The molecule has 3 rings (SSSR count). The van der Waals surface area contributed by atoms with Crippen LogP contribution in [0.5, 0.6) is 0 Å². The first-order chi connectivity index (χ1) is 13.3. The van der Waals surface area contributed by atoms with Gasteiger partial charge in [0.2, 0.25) is 5.78 Å². The minimum atomic E-state index is -0.852. The number of anilines is 1. The molecule has 0 aliphatic heterocycles. The number of aliphatic hydroxyl groups excluding tert-OH is 1. The number of aliphatic hydroxyl groups is 1. The van der Waals surface area contributed by atoms with Gasteiger partial charge in [-0.05, 0) is 49.4 Å². The summed E-state index contributed by atoms with van der Waals surface area (Å²) in [5, 5.41) is 22.1. The van der Waals surface area contributed by atoms with Crippen molar-refractivity contribution < 1.29 is 19.1 Å². The summed E-state index contributed by atoms with van der Waals surface area (Å²) >= 11 is 9.21. The SMILES string of the molecule is C/C(O)=C(/C#N)C(=O)Nc1c(C(=O)c2ccc(Cl)cc2)oc2ccc(Br)cc12. The van der Waals surface area contributed by atoms with E-state index < -0.39 is 23.0 Å². The van der Waals surface area contributed by atoms with Crippen LogP contribution in [-0.2, 0) is 4.79 Å². The van der Waals surface area contributed by atoms with E-state index in [9.17, 15) is 14.7 Å². The van der Waals surface area contributed by atoms with E-state index >= 15 is 0 Å². The fourth-order valence-corrected chi connectivity index (χ4v) is 3.05. The zero-order valence-corrected chi connectivity index (χ0v) is 16.8. The Morgan fingerprint density at radius 3 is 2.50 bits per heavy atom. The second-order valence-corrected chi connectivity index (χ2v) is 7.16. The Balaban J connectivity index is 2.15. The molecule has 0 unspecified atom stereocenters. The van der Waals surface area contributed by atoms with Gasteiger partial charge in [-0.25, -0.2) is 0 Å². The van der Waals surface area contributed by atoms with Gasteiger partial charge in [0.1, 0.15) is 17.4 Å². The molecule has 1 heterocycles. The lowest BCUT2D eigenvalue weighted by molar-refractivity contribution is -0.112. The van der Waals surface area contributed by atoms with Crippen LogP contribution in [0.1, 0.15) is 23.0 Å². The van der Waals surface area contributed by atoms with Crippen LogP contribution in [-0.4, -0.2) is 16.8 Å². The molecule has 8 heteroatoms. The van der Waals surface area contributed by atoms with Crippen molar-refractivity contribution in [2.45, 2.75) is 6.92 Å². The number of nitriles is 1. The molecule has 2 N–H and O–H groups in total. The first-order valence-corrected chi connectivity index (χ1v) is 9.12. The number of amides is 1. The number of ketones is 1. The summed E-state index contributed by atoms with van der Waals surface area (Å²) in [7, 11) is 0. The topological polar surface area (TPSA) is 103 Å². The van der Waals surface area contributed by atoms with Crippen LogP contribution in [0.2, 0.25) is 5.02 Å². The fraction of sp³-hybridized carbons (Fsp3) is 0.0500. The Labute approximate surface area is 173 Å². The number of nitrogens with zero attached hydrogens (tertiary/aromatic N) is 1. The number of hydrogen-bond donors (Lipinski definition) is 2. The molecular formula is C20H12BrClN2O4. The van der Waals surface area contributed by atoms with Gasteiger partial charge in [-0.3, -0.25) is 9.59 Å². The van der Waals surface area contributed by atoms with E-state index in [0.717, 1.165) is 0 Å². The molecule has 2 aromatic carbocycles. The first kappa shape index (κ1) is 19.7. The van der Waals surface area contributed by atoms with Crippen LogP contribution >= 0.6 is 27.5 Å². The van der Waals surface area contributed by atoms with Crippen molar-refractivity contribution in [3.8, 4) is 6.07 Å². The molecule has 0 atom stereocenters. The predicted octanol–water partition coefficient (Wildman–Crippen LogP) is 5.37. The summed E-state index contributed by atoms with van der Waals surface area (Å²) in [6.07, 6.45) is 0. The summed E-state index contributed by atoms with van der Waals surface area (Å²) in [6, 6.07) is 12.9. The maximum Gasteiger partial charge on any atom is 0.269 e. The summed E-state index contributed by atoms with van der Waals surface area (Å²) in [5.41, 5.74) is 0.330. The number of rotatable bonds is 4. The van der Waals surface area contributed by atoms with Crippen molar-refractivity contribution in [2.75, 3.05) is 5.32 Å². The predicted molar refractivity (Wildman–Crippen MR) is 108 cm³/mol. The Kier molecular flexibility index (Phi) is 5.54. The second-order valence-electron chi connectivity index (χ2n) is 5.81. The number of benzene rings is 2. The normalized spacial score (nSPS) is 11.6. The van der Waals surface area contributed by atoms with E-state index in [0.29, 0.717) is 26.0 Å². The zero-order valence-electron chi connectivity index (χ0n) is 14.4. The highest BCUT2D eigenvalue weighted by molar-refractivity contribution is 9.10. The molecule has 0 radical (unpaired) electrons. The average molecular weight is 460 g/mol. The molecule has 1 aromatic heterocycles. The molecule has 1 amide bonds. The Bertz CT molecular complexity index is 1170. The molecule has 0 saturated heterocycles. The van der Waals surface area contributed by atoms with Gasteiger partial charge >= 0.3 is 0 Å². The van der Waals surface area contributed by atoms with Crippen molar-refractivity contribution in [1.82, 2.24) is 0 Å². The van der Waals surface area contributed by atoms with Crippen LogP contribution in [0.15, 0.2) is 62.7 Å². The van der Waals surface area contributed by atoms with E-state index in [4.69, 9.17) is 21.3 Å². The Morgan fingerprint density at radius 2 is 1.89 bits per heavy atom. The number of carbonyl (C=O) groups is 2. The number of allylic oxidation sites excluding steroid dienone is 1. The summed E-state index contributed by atoms with van der Waals surface area (Å²) in [5.74, 6) is -1.85. The number of fused-ring (bicyclic) bond motifs is 1. The molecule has 0 fully saturated rings. The summed E-state index contributed by atoms with van der Waals surface area (Å²) in [6.45, 7) is 1.22. The van der Waals surface area contributed by atoms with Gasteiger partial charge in [-0.2, -0.15) is 5.26 Å². The van der Waals surface area contributed by atoms with Crippen molar-refractivity contribution >= 4 is 55.9 Å². The summed E-state index contributed by atoms with van der Waals surface area (Å²) < 4.78 is 6.40. The second kappa shape index (κ2) is 7.89. The highest BCUT2D eigenvalue weighted by Crippen LogP contribution is 2.35. The third kappa shape index (κ3) is 3.79. The third-order valence-electron chi connectivity index (χ3n) is 3.90. The van der Waals surface area contributed by atoms with Crippen LogP contribution in [0.4, 0.5) is 5.69 Å². The average Bonchev–Trinajstić information content (AvgIpc) is 2.99. The molecule has 140 valence electrons. The molecule has 28 heavy (non-hydrogen) atoms. The largest absolute Gasteiger partial charge is 0.511 e. The van der Waals surface area contributed by atoms with E-state index in [1.807, 2.05) is 0 Å². The monoisotopic (exact) mass is 458 g/mol. The molecule has 3 aromatic rings. The number of furan rings is 1. The highest BCUT2D eigenvalue weighted by atomic mass is 79.9. The van der Waals surface area contributed by atoms with Gasteiger partial charge in [0, 0.05) is 20.4 Å². The van der Waals surface area contributed by atoms with Gasteiger partial charge in [0.05, 0.1) is 5.69 Å². The van der Waals surface area contributed by atoms with Gasteiger partial charge < -0.3 is 14.8 Å². The molecule has 6 nitrogen and oxygen atoms in total. The number of nitrogens with one attached hydrogen (secondary N) is 1. The Morgan fingerprint density at radius 1 is 1.21 bits per heavy atom. The van der Waals surface area contributed by atoms with Crippen molar-refractivity contribution in [3.63, 3.8) is 0 Å². The zero-order chi connectivity index (χ0) is 20.4. The maximum absolute atomic E-state index is 13.0. The minimum Gasteiger partial charge on any atom is -0.511 e. The van der Waals surface area contributed by atoms with E-state index in [-0.39, 0.29) is 11.4 Å². The van der Waals surface area contributed by atoms with E-state index in [1.54, 1.807) is 36.4 Å². The summed E-state index contributed by atoms with van der Waals surface area (Å²) in [4.78, 5) is 25.4. The molecule has 0 bridgehead atoms. The van der Waals surface area contributed by atoms with Crippen molar-refractivity contribution in [1.29, 1.82) is 5.26 Å². The fourth-order valence-electron chi connectivity index (χ4n) is 2.56. The Hall–Kier alpha value is -3.08. The number of halogens is 2. The lowest BCUT2D eigenvalue weighted by Gasteiger charge is -2.06. The van der Waals surface area contributed by atoms with Crippen molar-refractivity contribution in [2.24, 2.45) is 0 Å². The molecule has 0 saturated carbocycles. The van der Waals surface area contributed by atoms with Gasteiger partial charge in [-0.15, -0.1) is 0 Å². The molecule has 0 spiro atoms. The molecular weight excluding hydrogens is 448 g/mol. The van der Waals surface area contributed by atoms with E-state index in [2.05, 4.69) is 21.2 Å². The third-order valence-corrected chi connectivity index (χ3v) is 4.65. The highest BCUT2D eigenvalue weighted by Gasteiger charge is 2.25. The van der Waals surface area contributed by atoms with Gasteiger partial charge in [-0.1, -0.05) is 27.5 Å².